The highest BCUT2D eigenvalue weighted by atomic mass is 19.4. The second-order valence-corrected chi connectivity index (χ2v) is 5.13. The number of hydrogen-bond acceptors (Lipinski definition) is 1. The molecule has 0 aromatic rings. The number of rotatable bonds is 6. The van der Waals surface area contributed by atoms with Gasteiger partial charge in [-0.1, -0.05) is 19.9 Å². The molecule has 2 nitrogen and oxygen atoms in total. The second kappa shape index (κ2) is 8.40. The first kappa shape index (κ1) is 21.5. The standard InChI is InChI=1S/C15H22F6N2/c1-6-8-11(4)23(7-2)12(5)22-13(15(19,20)21)9-10(3)14(16,17)18/h9,11H,3,6-8H2,1-2,4-5H3/b13-9-,22-12?. The minimum absolute atomic E-state index is 0.0204. The van der Waals surface area contributed by atoms with Crippen molar-refractivity contribution in [2.75, 3.05) is 6.54 Å². The number of amidine groups is 1. The molecule has 0 aromatic carbocycles. The van der Waals surface area contributed by atoms with Gasteiger partial charge < -0.3 is 4.90 Å². The van der Waals surface area contributed by atoms with Crippen LogP contribution in [-0.4, -0.2) is 35.7 Å². The van der Waals surface area contributed by atoms with E-state index in [0.717, 1.165) is 12.8 Å². The van der Waals surface area contributed by atoms with Crippen LogP contribution in [0.1, 0.15) is 40.5 Å². The lowest BCUT2D eigenvalue weighted by atomic mass is 10.1. The summed E-state index contributed by atoms with van der Waals surface area (Å²) in [5.74, 6) is 0.0204. The topological polar surface area (TPSA) is 15.6 Å². The number of nitrogens with zero attached hydrogens (tertiary/aromatic N) is 2. The average molecular weight is 344 g/mol. The first-order valence-electron chi connectivity index (χ1n) is 7.21. The summed E-state index contributed by atoms with van der Waals surface area (Å²) in [7, 11) is 0. The number of alkyl halides is 6. The van der Waals surface area contributed by atoms with Gasteiger partial charge in [-0.25, -0.2) is 4.99 Å². The molecule has 8 heteroatoms. The van der Waals surface area contributed by atoms with E-state index in [-0.39, 0.29) is 18.0 Å². The molecule has 0 saturated carbocycles. The van der Waals surface area contributed by atoms with E-state index in [1.54, 1.807) is 11.8 Å². The molecule has 0 rings (SSSR count). The molecule has 0 amide bonds. The van der Waals surface area contributed by atoms with Gasteiger partial charge in [-0.3, -0.25) is 0 Å². The average Bonchev–Trinajstić information content (AvgIpc) is 2.36. The quantitative estimate of drug-likeness (QED) is 0.270. The maximum Gasteiger partial charge on any atom is 0.433 e. The first-order valence-corrected chi connectivity index (χ1v) is 7.21. The lowest BCUT2D eigenvalue weighted by Gasteiger charge is -2.30. The molecule has 0 aliphatic rings. The van der Waals surface area contributed by atoms with Crippen LogP contribution >= 0.6 is 0 Å². The van der Waals surface area contributed by atoms with E-state index in [2.05, 4.69) is 11.6 Å². The molecule has 134 valence electrons. The molecule has 0 saturated heterocycles. The SMILES string of the molecule is C=C(/C=C(\N=C(C)N(CC)C(C)CCC)C(F)(F)F)C(F)(F)F. The molecule has 0 spiro atoms. The van der Waals surface area contributed by atoms with Crippen LogP contribution in [0.2, 0.25) is 0 Å². The van der Waals surface area contributed by atoms with Gasteiger partial charge in [0.1, 0.15) is 11.5 Å². The van der Waals surface area contributed by atoms with Gasteiger partial charge in [0.05, 0.1) is 5.57 Å². The summed E-state index contributed by atoms with van der Waals surface area (Å²) in [6, 6.07) is -0.0611. The predicted octanol–water partition coefficient (Wildman–Crippen LogP) is 5.48. The fourth-order valence-corrected chi connectivity index (χ4v) is 2.10. The van der Waals surface area contributed by atoms with Crippen molar-refractivity contribution < 1.29 is 26.3 Å². The van der Waals surface area contributed by atoms with E-state index < -0.39 is 23.6 Å². The van der Waals surface area contributed by atoms with Gasteiger partial charge in [-0.05, 0) is 33.3 Å². The smallest absolute Gasteiger partial charge is 0.358 e. The van der Waals surface area contributed by atoms with E-state index in [1.807, 2.05) is 13.8 Å². The Labute approximate surface area is 132 Å². The van der Waals surface area contributed by atoms with Crippen LogP contribution in [0.4, 0.5) is 26.3 Å². The zero-order chi connectivity index (χ0) is 18.4. The van der Waals surface area contributed by atoms with Gasteiger partial charge in [0.15, 0.2) is 0 Å². The van der Waals surface area contributed by atoms with Crippen molar-refractivity contribution in [1.82, 2.24) is 4.90 Å². The molecule has 0 aliphatic carbocycles. The van der Waals surface area contributed by atoms with E-state index in [9.17, 15) is 26.3 Å². The van der Waals surface area contributed by atoms with Gasteiger partial charge in [0, 0.05) is 12.6 Å². The monoisotopic (exact) mass is 344 g/mol. The largest absolute Gasteiger partial charge is 0.433 e. The Balaban J connectivity index is 5.69. The third-order valence-corrected chi connectivity index (χ3v) is 3.24. The van der Waals surface area contributed by atoms with Crippen LogP contribution in [-0.2, 0) is 0 Å². The molecule has 0 aromatic heterocycles. The van der Waals surface area contributed by atoms with Gasteiger partial charge >= 0.3 is 12.4 Å². The number of halogens is 6. The summed E-state index contributed by atoms with van der Waals surface area (Å²) >= 11 is 0. The number of hydrogen-bond donors (Lipinski definition) is 0. The summed E-state index contributed by atoms with van der Waals surface area (Å²) in [5, 5.41) is 0. The molecule has 1 unspecified atom stereocenters. The van der Waals surface area contributed by atoms with Crippen molar-refractivity contribution in [3.63, 3.8) is 0 Å². The summed E-state index contributed by atoms with van der Waals surface area (Å²) in [6.45, 7) is 9.90. The van der Waals surface area contributed by atoms with Crippen molar-refractivity contribution in [2.45, 2.75) is 58.9 Å². The lowest BCUT2D eigenvalue weighted by Crippen LogP contribution is -2.37. The summed E-state index contributed by atoms with van der Waals surface area (Å²) in [4.78, 5) is 5.02. The van der Waals surface area contributed by atoms with Crippen molar-refractivity contribution in [3.05, 3.63) is 23.9 Å². The first-order chi connectivity index (χ1) is 10.3. The Bertz CT molecular complexity index is 460. The second-order valence-electron chi connectivity index (χ2n) is 5.13. The van der Waals surface area contributed by atoms with Crippen LogP contribution < -0.4 is 0 Å². The minimum atomic E-state index is -5.00. The molecule has 0 fully saturated rings. The fraction of sp³-hybridized carbons (Fsp3) is 0.667. The molecule has 0 aliphatic heterocycles. The van der Waals surface area contributed by atoms with E-state index in [1.165, 1.54) is 6.92 Å². The Morgan fingerprint density at radius 3 is 2.00 bits per heavy atom. The van der Waals surface area contributed by atoms with Crippen molar-refractivity contribution in [2.24, 2.45) is 4.99 Å². The fourth-order valence-electron chi connectivity index (χ4n) is 2.10. The van der Waals surface area contributed by atoms with Gasteiger partial charge in [0.25, 0.3) is 0 Å². The van der Waals surface area contributed by atoms with Crippen molar-refractivity contribution >= 4 is 5.84 Å². The van der Waals surface area contributed by atoms with E-state index >= 15 is 0 Å². The molecular weight excluding hydrogens is 322 g/mol. The summed E-state index contributed by atoms with van der Waals surface area (Å²) in [6.07, 6.45) is -8.43. The molecule has 0 N–H and O–H groups in total. The van der Waals surface area contributed by atoms with Crippen LogP contribution in [0.15, 0.2) is 28.9 Å². The predicted molar refractivity (Wildman–Crippen MR) is 79.2 cm³/mol. The van der Waals surface area contributed by atoms with E-state index in [4.69, 9.17) is 0 Å². The number of allylic oxidation sites excluding steroid dienone is 3. The van der Waals surface area contributed by atoms with Crippen molar-refractivity contribution in [1.29, 1.82) is 0 Å². The highest BCUT2D eigenvalue weighted by Gasteiger charge is 2.38. The molecular formula is C15H22F6N2. The summed E-state index contributed by atoms with van der Waals surface area (Å²) in [5.41, 5.74) is -3.20. The molecule has 0 bridgehead atoms. The summed E-state index contributed by atoms with van der Waals surface area (Å²) < 4.78 is 76.1. The normalized spacial score (nSPS) is 15.6. The number of aliphatic imine (C=N–C) groups is 1. The Kier molecular flexibility index (Phi) is 7.86. The van der Waals surface area contributed by atoms with Gasteiger partial charge in [-0.15, -0.1) is 0 Å². The van der Waals surface area contributed by atoms with Crippen LogP contribution in [0.25, 0.3) is 0 Å². The van der Waals surface area contributed by atoms with Gasteiger partial charge in [0.2, 0.25) is 0 Å². The Hall–Kier alpha value is -1.47. The molecule has 1 atom stereocenters. The third kappa shape index (κ3) is 7.09. The lowest BCUT2D eigenvalue weighted by molar-refractivity contribution is -0.0960. The zero-order valence-corrected chi connectivity index (χ0v) is 13.6. The Morgan fingerprint density at radius 1 is 1.13 bits per heavy atom. The maximum atomic E-state index is 12.9. The van der Waals surface area contributed by atoms with E-state index in [0.29, 0.717) is 6.54 Å². The van der Waals surface area contributed by atoms with Crippen LogP contribution in [0.5, 0.6) is 0 Å². The molecule has 0 radical (unpaired) electrons. The van der Waals surface area contributed by atoms with Gasteiger partial charge in [-0.2, -0.15) is 26.3 Å². The highest BCUT2D eigenvalue weighted by molar-refractivity contribution is 5.81. The van der Waals surface area contributed by atoms with Crippen molar-refractivity contribution in [3.8, 4) is 0 Å². The minimum Gasteiger partial charge on any atom is -0.358 e. The maximum absolute atomic E-state index is 12.9. The highest BCUT2D eigenvalue weighted by Crippen LogP contribution is 2.32. The molecule has 0 heterocycles. The Morgan fingerprint density at radius 2 is 1.65 bits per heavy atom. The van der Waals surface area contributed by atoms with Crippen LogP contribution in [0.3, 0.4) is 0 Å². The third-order valence-electron chi connectivity index (χ3n) is 3.24. The molecule has 23 heavy (non-hydrogen) atoms. The zero-order valence-electron chi connectivity index (χ0n) is 13.6. The van der Waals surface area contributed by atoms with Crippen LogP contribution in [0, 0.1) is 0 Å².